The predicted octanol–water partition coefficient (Wildman–Crippen LogP) is 0.925. The minimum Gasteiger partial charge on any atom is -0.486 e. The van der Waals surface area contributed by atoms with Crippen molar-refractivity contribution in [3.05, 3.63) is 18.2 Å². The number of piperazine rings is 1. The van der Waals surface area contributed by atoms with Crippen LogP contribution in [0.3, 0.4) is 0 Å². The number of hydrogen-bond donors (Lipinski definition) is 1. The van der Waals surface area contributed by atoms with Gasteiger partial charge in [-0.25, -0.2) is 8.42 Å². The number of carbonyl (C=O) groups is 1. The summed E-state index contributed by atoms with van der Waals surface area (Å²) in [6, 6.07) is 4.83. The molecule has 0 aromatic heterocycles. The Morgan fingerprint density at radius 1 is 1.07 bits per heavy atom. The molecule has 1 atom stereocenters. The molecule has 0 radical (unpaired) electrons. The zero-order valence-electron chi connectivity index (χ0n) is 16.7. The molecule has 0 spiro atoms. The Bertz CT molecular complexity index is 804. The molecule has 1 aromatic carbocycles. The van der Waals surface area contributed by atoms with E-state index in [1.807, 2.05) is 11.8 Å². The normalized spacial score (nSPS) is 19.4. The van der Waals surface area contributed by atoms with Crippen LogP contribution in [-0.2, 0) is 14.8 Å². The van der Waals surface area contributed by atoms with E-state index in [-0.39, 0.29) is 23.4 Å². The van der Waals surface area contributed by atoms with Crippen molar-refractivity contribution in [1.82, 2.24) is 14.5 Å². The molecule has 9 heteroatoms. The highest BCUT2D eigenvalue weighted by Crippen LogP contribution is 2.33. The quantitative estimate of drug-likeness (QED) is 0.749. The minimum absolute atomic E-state index is 0.0238. The van der Waals surface area contributed by atoms with E-state index in [2.05, 4.69) is 19.2 Å². The van der Waals surface area contributed by atoms with Crippen molar-refractivity contribution in [2.45, 2.75) is 31.7 Å². The Morgan fingerprint density at radius 2 is 1.71 bits per heavy atom. The number of fused-ring (bicyclic) bond motifs is 1. The van der Waals surface area contributed by atoms with Gasteiger partial charge in [0, 0.05) is 38.3 Å². The van der Waals surface area contributed by atoms with Crippen LogP contribution in [0.4, 0.5) is 0 Å². The standard InChI is InChI=1S/C19H29N3O5S/c1-14(2)15(3)20-19(23)13-21-6-8-22(9-7-21)28(24,25)16-4-5-17-18(12-16)27-11-10-26-17/h4-5,12,14-15H,6-11,13H2,1-3H3,(H,20,23)/t15-/m0/s1. The topological polar surface area (TPSA) is 88.2 Å². The largest absolute Gasteiger partial charge is 0.486 e. The van der Waals surface area contributed by atoms with Gasteiger partial charge in [0.1, 0.15) is 13.2 Å². The van der Waals surface area contributed by atoms with Gasteiger partial charge in [0.25, 0.3) is 0 Å². The molecular formula is C19H29N3O5S. The van der Waals surface area contributed by atoms with Crippen LogP contribution in [0.2, 0.25) is 0 Å². The lowest BCUT2D eigenvalue weighted by Gasteiger charge is -2.34. The molecule has 2 aliphatic heterocycles. The number of nitrogens with zero attached hydrogens (tertiary/aromatic N) is 2. The van der Waals surface area contributed by atoms with Crippen LogP contribution in [0, 0.1) is 5.92 Å². The van der Waals surface area contributed by atoms with E-state index in [1.165, 1.54) is 10.4 Å². The monoisotopic (exact) mass is 411 g/mol. The summed E-state index contributed by atoms with van der Waals surface area (Å²) in [6.07, 6.45) is 0. The van der Waals surface area contributed by atoms with Crippen LogP contribution < -0.4 is 14.8 Å². The van der Waals surface area contributed by atoms with Crippen LogP contribution >= 0.6 is 0 Å². The van der Waals surface area contributed by atoms with Gasteiger partial charge in [0.2, 0.25) is 15.9 Å². The molecule has 1 amide bonds. The van der Waals surface area contributed by atoms with Crippen molar-refractivity contribution in [2.24, 2.45) is 5.92 Å². The summed E-state index contributed by atoms with van der Waals surface area (Å²) in [5.74, 6) is 1.37. The highest BCUT2D eigenvalue weighted by molar-refractivity contribution is 7.89. The second-order valence-corrected chi connectivity index (χ2v) is 9.52. The Balaban J connectivity index is 1.57. The molecule has 8 nitrogen and oxygen atoms in total. The van der Waals surface area contributed by atoms with Crippen molar-refractivity contribution in [1.29, 1.82) is 0 Å². The maximum atomic E-state index is 13.0. The Labute approximate surface area is 166 Å². The summed E-state index contributed by atoms with van der Waals surface area (Å²) in [5.41, 5.74) is 0. The van der Waals surface area contributed by atoms with Crippen LogP contribution in [0.1, 0.15) is 20.8 Å². The summed E-state index contributed by atoms with van der Waals surface area (Å²) in [7, 11) is -3.61. The lowest BCUT2D eigenvalue weighted by molar-refractivity contribution is -0.123. The SMILES string of the molecule is CC(C)[C@H](C)NC(=O)CN1CCN(S(=O)(=O)c2ccc3c(c2)OCCO3)CC1. The number of hydrogen-bond acceptors (Lipinski definition) is 6. The third-order valence-corrected chi connectivity index (χ3v) is 7.13. The first-order valence-corrected chi connectivity index (χ1v) is 11.1. The van der Waals surface area contributed by atoms with Crippen molar-refractivity contribution in [3.8, 4) is 11.5 Å². The van der Waals surface area contributed by atoms with Gasteiger partial charge < -0.3 is 14.8 Å². The molecule has 0 saturated carbocycles. The lowest BCUT2D eigenvalue weighted by Crippen LogP contribution is -2.51. The van der Waals surface area contributed by atoms with Gasteiger partial charge in [-0.2, -0.15) is 4.31 Å². The summed E-state index contributed by atoms with van der Waals surface area (Å²) < 4.78 is 38.3. The molecule has 1 fully saturated rings. The van der Waals surface area contributed by atoms with Crippen LogP contribution in [0.25, 0.3) is 0 Å². The third kappa shape index (κ3) is 4.76. The molecule has 1 N–H and O–H groups in total. The van der Waals surface area contributed by atoms with Gasteiger partial charge in [0.05, 0.1) is 11.4 Å². The number of sulfonamides is 1. The highest BCUT2D eigenvalue weighted by atomic mass is 32.2. The second kappa shape index (κ2) is 8.67. The number of ether oxygens (including phenoxy) is 2. The number of carbonyl (C=O) groups excluding carboxylic acids is 1. The summed E-state index contributed by atoms with van der Waals surface area (Å²) in [5, 5.41) is 2.98. The molecule has 0 aliphatic carbocycles. The van der Waals surface area contributed by atoms with Gasteiger partial charge in [-0.1, -0.05) is 13.8 Å². The Hall–Kier alpha value is -1.84. The Morgan fingerprint density at radius 3 is 2.36 bits per heavy atom. The molecule has 2 aliphatic rings. The van der Waals surface area contributed by atoms with E-state index >= 15 is 0 Å². The molecule has 1 aromatic rings. The zero-order chi connectivity index (χ0) is 20.3. The summed E-state index contributed by atoms with van der Waals surface area (Å²) in [6.45, 7) is 9.01. The Kier molecular flexibility index (Phi) is 6.47. The predicted molar refractivity (Wildman–Crippen MR) is 105 cm³/mol. The van der Waals surface area contributed by atoms with Gasteiger partial charge in [-0.05, 0) is 25.0 Å². The van der Waals surface area contributed by atoms with E-state index in [0.717, 1.165) is 0 Å². The van der Waals surface area contributed by atoms with E-state index < -0.39 is 10.0 Å². The average molecular weight is 412 g/mol. The summed E-state index contributed by atoms with van der Waals surface area (Å²) >= 11 is 0. The fourth-order valence-electron chi connectivity index (χ4n) is 3.13. The van der Waals surface area contributed by atoms with E-state index in [9.17, 15) is 13.2 Å². The van der Waals surface area contributed by atoms with Crippen LogP contribution in [0.15, 0.2) is 23.1 Å². The van der Waals surface area contributed by atoms with E-state index in [0.29, 0.717) is 56.8 Å². The highest BCUT2D eigenvalue weighted by Gasteiger charge is 2.30. The number of rotatable bonds is 6. The van der Waals surface area contributed by atoms with Gasteiger partial charge >= 0.3 is 0 Å². The van der Waals surface area contributed by atoms with Crippen molar-refractivity contribution in [2.75, 3.05) is 45.9 Å². The van der Waals surface area contributed by atoms with Gasteiger partial charge in [0.15, 0.2) is 11.5 Å². The molecule has 28 heavy (non-hydrogen) atoms. The molecular weight excluding hydrogens is 382 g/mol. The first kappa shape index (κ1) is 20.9. The maximum Gasteiger partial charge on any atom is 0.243 e. The van der Waals surface area contributed by atoms with Gasteiger partial charge in [-0.3, -0.25) is 9.69 Å². The van der Waals surface area contributed by atoms with Crippen LogP contribution in [-0.4, -0.2) is 75.5 Å². The van der Waals surface area contributed by atoms with Gasteiger partial charge in [-0.15, -0.1) is 0 Å². The first-order valence-electron chi connectivity index (χ1n) is 9.69. The maximum absolute atomic E-state index is 13.0. The summed E-state index contributed by atoms with van der Waals surface area (Å²) in [4.78, 5) is 14.3. The number of nitrogens with one attached hydrogen (secondary N) is 1. The molecule has 0 bridgehead atoms. The molecule has 3 rings (SSSR count). The fourth-order valence-corrected chi connectivity index (χ4v) is 4.57. The number of benzene rings is 1. The molecule has 2 heterocycles. The molecule has 0 unspecified atom stereocenters. The number of amides is 1. The fraction of sp³-hybridized carbons (Fsp3) is 0.632. The van der Waals surface area contributed by atoms with Crippen molar-refractivity contribution >= 4 is 15.9 Å². The molecule has 1 saturated heterocycles. The van der Waals surface area contributed by atoms with Crippen molar-refractivity contribution < 1.29 is 22.7 Å². The van der Waals surface area contributed by atoms with Crippen LogP contribution in [0.5, 0.6) is 11.5 Å². The minimum atomic E-state index is -3.61. The van der Waals surface area contributed by atoms with E-state index in [1.54, 1.807) is 12.1 Å². The smallest absolute Gasteiger partial charge is 0.243 e. The average Bonchev–Trinajstić information content (AvgIpc) is 2.67. The first-order chi connectivity index (χ1) is 13.3. The third-order valence-electron chi connectivity index (χ3n) is 5.24. The van der Waals surface area contributed by atoms with E-state index in [4.69, 9.17) is 9.47 Å². The molecule has 156 valence electrons. The zero-order valence-corrected chi connectivity index (χ0v) is 17.5. The second-order valence-electron chi connectivity index (χ2n) is 7.59. The lowest BCUT2D eigenvalue weighted by atomic mass is 10.1. The van der Waals surface area contributed by atoms with Crippen molar-refractivity contribution in [3.63, 3.8) is 0 Å².